The van der Waals surface area contributed by atoms with Gasteiger partial charge in [-0.15, -0.1) is 0 Å². The van der Waals surface area contributed by atoms with Crippen LogP contribution in [0, 0.1) is 0 Å². The molecule has 0 radical (unpaired) electrons. The molecule has 0 unspecified atom stereocenters. The Morgan fingerprint density at radius 1 is 1.05 bits per heavy atom. The van der Waals surface area contributed by atoms with Crippen molar-refractivity contribution in [3.8, 4) is 0 Å². The Labute approximate surface area is 118 Å². The molecule has 0 heterocycles. The zero-order valence-electron chi connectivity index (χ0n) is 13.2. The molecule has 0 aromatic heterocycles. The third-order valence-electron chi connectivity index (χ3n) is 2.56. The van der Waals surface area contributed by atoms with Crippen molar-refractivity contribution < 1.29 is 9.53 Å². The molecule has 112 valence electrons. The molecule has 0 bridgehead atoms. The Hall–Kier alpha value is -1.06. The van der Waals surface area contributed by atoms with E-state index in [1.807, 2.05) is 20.8 Å². The quantitative estimate of drug-likeness (QED) is 0.397. The Morgan fingerprint density at radius 3 is 2.26 bits per heavy atom. The molecule has 4 nitrogen and oxygen atoms in total. The number of carbonyl (C=O) groups excluding carboxylic acids is 1. The third kappa shape index (κ3) is 11.7. The predicted molar refractivity (Wildman–Crippen MR) is 80.5 cm³/mol. The summed E-state index contributed by atoms with van der Waals surface area (Å²) >= 11 is 0. The minimum absolute atomic E-state index is 0.477. The third-order valence-corrected chi connectivity index (χ3v) is 2.56. The van der Waals surface area contributed by atoms with Crippen LogP contribution in [0.25, 0.3) is 0 Å². The molecule has 0 aromatic rings. The van der Waals surface area contributed by atoms with E-state index in [1.165, 1.54) is 19.3 Å². The lowest BCUT2D eigenvalue weighted by molar-refractivity contribution is 0.0529. The summed E-state index contributed by atoms with van der Waals surface area (Å²) in [7, 11) is 0. The molecule has 0 aliphatic heterocycles. The maximum Gasteiger partial charge on any atom is 0.428 e. The molecule has 0 aliphatic carbocycles. The van der Waals surface area contributed by atoms with Gasteiger partial charge in [-0.2, -0.15) is 5.10 Å². The molecule has 0 spiro atoms. The van der Waals surface area contributed by atoms with Gasteiger partial charge in [0.2, 0.25) is 0 Å². The van der Waals surface area contributed by atoms with E-state index in [-0.39, 0.29) is 0 Å². The first-order valence-corrected chi connectivity index (χ1v) is 7.43. The first-order valence-electron chi connectivity index (χ1n) is 7.43. The van der Waals surface area contributed by atoms with Gasteiger partial charge in [-0.05, 0) is 40.0 Å². The summed E-state index contributed by atoms with van der Waals surface area (Å²) in [5, 5.41) is 4.19. The Bertz CT molecular complexity index is 280. The highest BCUT2D eigenvalue weighted by Gasteiger charge is 2.15. The van der Waals surface area contributed by atoms with Crippen molar-refractivity contribution in [1.29, 1.82) is 0 Å². The number of nitrogens with zero attached hydrogens (tertiary/aromatic N) is 1. The fourth-order valence-electron chi connectivity index (χ4n) is 1.71. The first kappa shape index (κ1) is 17.9. The molecule has 0 aliphatic rings. The molecule has 1 N–H and O–H groups in total. The number of nitrogens with one attached hydrogen (secondary N) is 1. The van der Waals surface area contributed by atoms with E-state index in [4.69, 9.17) is 4.74 Å². The maximum atomic E-state index is 11.5. The van der Waals surface area contributed by atoms with Crippen molar-refractivity contribution in [2.45, 2.75) is 85.2 Å². The second-order valence-electron chi connectivity index (χ2n) is 5.85. The molecule has 0 atom stereocenters. The number of amides is 1. The van der Waals surface area contributed by atoms with Gasteiger partial charge >= 0.3 is 6.09 Å². The van der Waals surface area contributed by atoms with Crippen molar-refractivity contribution in [3.05, 3.63) is 0 Å². The van der Waals surface area contributed by atoms with E-state index in [2.05, 4.69) is 24.4 Å². The van der Waals surface area contributed by atoms with Crippen molar-refractivity contribution in [2.75, 3.05) is 0 Å². The van der Waals surface area contributed by atoms with Crippen LogP contribution in [0.5, 0.6) is 0 Å². The van der Waals surface area contributed by atoms with Crippen LogP contribution in [0.4, 0.5) is 4.79 Å². The van der Waals surface area contributed by atoms with Crippen molar-refractivity contribution >= 4 is 11.8 Å². The highest BCUT2D eigenvalue weighted by Crippen LogP contribution is 2.08. The second-order valence-corrected chi connectivity index (χ2v) is 5.85. The van der Waals surface area contributed by atoms with E-state index in [0.29, 0.717) is 0 Å². The van der Waals surface area contributed by atoms with E-state index in [9.17, 15) is 4.79 Å². The topological polar surface area (TPSA) is 50.7 Å². The number of unbranched alkanes of at least 4 members (excludes halogenated alkanes) is 3. The summed E-state index contributed by atoms with van der Waals surface area (Å²) < 4.78 is 5.15. The summed E-state index contributed by atoms with van der Waals surface area (Å²) in [6.45, 7) is 9.84. The largest absolute Gasteiger partial charge is 0.443 e. The van der Waals surface area contributed by atoms with Crippen LogP contribution in [0.2, 0.25) is 0 Å². The van der Waals surface area contributed by atoms with Crippen molar-refractivity contribution in [1.82, 2.24) is 5.43 Å². The van der Waals surface area contributed by atoms with Gasteiger partial charge in [0.1, 0.15) is 5.60 Å². The SMILES string of the molecule is CCCCCCC(CCC)=NNC(=O)OC(C)(C)C. The molecule has 0 saturated carbocycles. The van der Waals surface area contributed by atoms with Gasteiger partial charge in [0.05, 0.1) is 0 Å². The van der Waals surface area contributed by atoms with Gasteiger partial charge in [0.25, 0.3) is 0 Å². The standard InChI is InChI=1S/C15H30N2O2/c1-6-8-9-10-12-13(11-7-2)16-17-14(18)19-15(3,4)5/h6-12H2,1-5H3,(H,17,18). The highest BCUT2D eigenvalue weighted by atomic mass is 16.6. The zero-order valence-corrected chi connectivity index (χ0v) is 13.2. The van der Waals surface area contributed by atoms with Crippen LogP contribution in [-0.4, -0.2) is 17.4 Å². The summed E-state index contributed by atoms with van der Waals surface area (Å²) in [6.07, 6.45) is 7.33. The summed E-state index contributed by atoms with van der Waals surface area (Å²) in [4.78, 5) is 11.5. The van der Waals surface area contributed by atoms with Gasteiger partial charge in [-0.3, -0.25) is 0 Å². The molecular formula is C15H30N2O2. The smallest absolute Gasteiger partial charge is 0.428 e. The van der Waals surface area contributed by atoms with E-state index >= 15 is 0 Å². The fourth-order valence-corrected chi connectivity index (χ4v) is 1.71. The first-order chi connectivity index (χ1) is 8.89. The summed E-state index contributed by atoms with van der Waals surface area (Å²) in [6, 6.07) is 0. The molecule has 4 heteroatoms. The van der Waals surface area contributed by atoms with Crippen LogP contribution >= 0.6 is 0 Å². The van der Waals surface area contributed by atoms with Gasteiger partial charge in [-0.1, -0.05) is 39.5 Å². The molecule has 0 rings (SSSR count). The van der Waals surface area contributed by atoms with Crippen LogP contribution in [-0.2, 0) is 4.74 Å². The van der Waals surface area contributed by atoms with E-state index in [0.717, 1.165) is 31.4 Å². The lowest BCUT2D eigenvalue weighted by Crippen LogP contribution is -2.30. The zero-order chi connectivity index (χ0) is 14.7. The van der Waals surface area contributed by atoms with Gasteiger partial charge in [0.15, 0.2) is 0 Å². The van der Waals surface area contributed by atoms with Crippen LogP contribution in [0.3, 0.4) is 0 Å². The number of hydrogen-bond acceptors (Lipinski definition) is 3. The average molecular weight is 270 g/mol. The van der Waals surface area contributed by atoms with Crippen LogP contribution < -0.4 is 5.43 Å². The average Bonchev–Trinajstić information content (AvgIpc) is 2.29. The number of hydrazone groups is 1. The fraction of sp³-hybridized carbons (Fsp3) is 0.867. The van der Waals surface area contributed by atoms with Gasteiger partial charge in [-0.25, -0.2) is 10.2 Å². The Kier molecular flexibility index (Phi) is 9.27. The Morgan fingerprint density at radius 2 is 1.74 bits per heavy atom. The molecule has 1 amide bonds. The summed E-state index contributed by atoms with van der Waals surface area (Å²) in [5.41, 5.74) is 3.07. The van der Waals surface area contributed by atoms with Crippen LogP contribution in [0.1, 0.15) is 79.6 Å². The Balaban J connectivity index is 4.14. The molecule has 0 aromatic carbocycles. The minimum atomic E-state index is -0.481. The number of rotatable bonds is 8. The normalized spacial score (nSPS) is 12.4. The number of ether oxygens (including phenoxy) is 1. The predicted octanol–water partition coefficient (Wildman–Crippen LogP) is 4.64. The van der Waals surface area contributed by atoms with Gasteiger partial charge < -0.3 is 4.74 Å². The second kappa shape index (κ2) is 9.82. The lowest BCUT2D eigenvalue weighted by atomic mass is 10.1. The van der Waals surface area contributed by atoms with Crippen molar-refractivity contribution in [3.63, 3.8) is 0 Å². The maximum absolute atomic E-state index is 11.5. The van der Waals surface area contributed by atoms with E-state index < -0.39 is 11.7 Å². The minimum Gasteiger partial charge on any atom is -0.443 e. The number of hydrogen-bond donors (Lipinski definition) is 1. The van der Waals surface area contributed by atoms with Crippen LogP contribution in [0.15, 0.2) is 5.10 Å². The summed E-state index contributed by atoms with van der Waals surface area (Å²) in [5.74, 6) is 0. The molecular weight excluding hydrogens is 240 g/mol. The molecule has 0 fully saturated rings. The van der Waals surface area contributed by atoms with Crippen molar-refractivity contribution in [2.24, 2.45) is 5.10 Å². The monoisotopic (exact) mass is 270 g/mol. The highest BCUT2D eigenvalue weighted by molar-refractivity contribution is 5.85. The lowest BCUT2D eigenvalue weighted by Gasteiger charge is -2.18. The molecule has 0 saturated heterocycles. The van der Waals surface area contributed by atoms with Gasteiger partial charge in [0, 0.05) is 5.71 Å². The van der Waals surface area contributed by atoms with E-state index in [1.54, 1.807) is 0 Å². The number of carbonyl (C=O) groups is 1. The molecule has 19 heavy (non-hydrogen) atoms.